The Bertz CT molecular complexity index is 891. The van der Waals surface area contributed by atoms with E-state index >= 15 is 0 Å². The summed E-state index contributed by atoms with van der Waals surface area (Å²) in [5.74, 6) is -4.83. The fraction of sp³-hybridized carbons (Fsp3) is 0.350. The van der Waals surface area contributed by atoms with Gasteiger partial charge in [0.1, 0.15) is 0 Å². The van der Waals surface area contributed by atoms with Gasteiger partial charge in [0.05, 0.1) is 5.02 Å². The first-order chi connectivity index (χ1) is 13.4. The molecule has 0 spiro atoms. The highest BCUT2D eigenvalue weighted by molar-refractivity contribution is 8.00. The van der Waals surface area contributed by atoms with Crippen LogP contribution in [0.2, 0.25) is 5.02 Å². The van der Waals surface area contributed by atoms with E-state index in [1.165, 1.54) is 12.8 Å². The maximum absolute atomic E-state index is 13.3. The minimum atomic E-state index is -1.57. The van der Waals surface area contributed by atoms with Crippen LogP contribution in [0.25, 0.3) is 0 Å². The van der Waals surface area contributed by atoms with Gasteiger partial charge in [-0.05, 0) is 43.9 Å². The number of carbonyl (C=O) groups is 1. The zero-order valence-corrected chi connectivity index (χ0v) is 16.3. The van der Waals surface area contributed by atoms with Gasteiger partial charge in [-0.15, -0.1) is 11.8 Å². The number of benzene rings is 2. The summed E-state index contributed by atoms with van der Waals surface area (Å²) in [4.78, 5) is 13.3. The number of halogens is 4. The highest BCUT2D eigenvalue weighted by Gasteiger charge is 2.34. The third-order valence-corrected chi connectivity index (χ3v) is 6.91. The molecule has 1 unspecified atom stereocenters. The van der Waals surface area contributed by atoms with Crippen LogP contribution in [-0.4, -0.2) is 23.2 Å². The molecule has 2 aliphatic heterocycles. The lowest BCUT2D eigenvalue weighted by atomic mass is 10.1. The molecule has 2 aromatic rings. The number of thioether (sulfide) groups is 1. The van der Waals surface area contributed by atoms with E-state index in [4.69, 9.17) is 11.6 Å². The van der Waals surface area contributed by atoms with Crippen molar-refractivity contribution in [2.45, 2.75) is 47.9 Å². The lowest BCUT2D eigenvalue weighted by Gasteiger charge is -2.28. The van der Waals surface area contributed by atoms with Gasteiger partial charge >= 0.3 is 0 Å². The van der Waals surface area contributed by atoms with Gasteiger partial charge in [-0.1, -0.05) is 11.6 Å². The molecule has 28 heavy (non-hydrogen) atoms. The van der Waals surface area contributed by atoms with Gasteiger partial charge in [-0.2, -0.15) is 0 Å². The van der Waals surface area contributed by atoms with Crippen molar-refractivity contribution in [3.63, 3.8) is 0 Å². The first-order valence-corrected chi connectivity index (χ1v) is 10.3. The number of nitrogens with one attached hydrogen (secondary N) is 2. The summed E-state index contributed by atoms with van der Waals surface area (Å²) in [6.45, 7) is 0. The predicted molar refractivity (Wildman–Crippen MR) is 105 cm³/mol. The average Bonchev–Trinajstić information content (AvgIpc) is 2.99. The SMILES string of the molecule is O=C(Nc1cc(F)c(F)c(F)c1)c1ccc(Cl)c(S[C@@H]2CC3CC[C@@H](C2)N3)c1. The van der Waals surface area contributed by atoms with Crippen molar-refractivity contribution in [3.05, 3.63) is 58.4 Å². The molecule has 4 rings (SSSR count). The quantitative estimate of drug-likeness (QED) is 0.644. The van der Waals surface area contributed by atoms with Crippen LogP contribution >= 0.6 is 23.4 Å². The topological polar surface area (TPSA) is 41.1 Å². The first-order valence-electron chi connectivity index (χ1n) is 9.07. The van der Waals surface area contributed by atoms with E-state index in [1.807, 2.05) is 0 Å². The van der Waals surface area contributed by atoms with Crippen molar-refractivity contribution in [3.8, 4) is 0 Å². The maximum atomic E-state index is 13.3. The largest absolute Gasteiger partial charge is 0.322 e. The number of fused-ring (bicyclic) bond motifs is 2. The lowest BCUT2D eigenvalue weighted by molar-refractivity contribution is 0.102. The van der Waals surface area contributed by atoms with Gasteiger partial charge in [-0.25, -0.2) is 13.2 Å². The van der Waals surface area contributed by atoms with Crippen molar-refractivity contribution >= 4 is 35.0 Å². The highest BCUT2D eigenvalue weighted by atomic mass is 35.5. The minimum absolute atomic E-state index is 0.152. The van der Waals surface area contributed by atoms with Crippen LogP contribution in [0.3, 0.4) is 0 Å². The molecule has 0 saturated carbocycles. The Morgan fingerprint density at radius 1 is 1.07 bits per heavy atom. The summed E-state index contributed by atoms with van der Waals surface area (Å²) in [7, 11) is 0. The van der Waals surface area contributed by atoms with Crippen molar-refractivity contribution in [2.75, 3.05) is 5.32 Å². The molecule has 2 aromatic carbocycles. The molecule has 2 heterocycles. The molecular formula is C20H18ClF3N2OS. The number of rotatable bonds is 4. The van der Waals surface area contributed by atoms with Gasteiger partial charge in [0.15, 0.2) is 17.5 Å². The summed E-state index contributed by atoms with van der Waals surface area (Å²) >= 11 is 7.98. The van der Waals surface area contributed by atoms with E-state index in [0.29, 0.717) is 27.9 Å². The van der Waals surface area contributed by atoms with Gasteiger partial charge < -0.3 is 10.6 Å². The van der Waals surface area contributed by atoms with Crippen molar-refractivity contribution in [1.82, 2.24) is 5.32 Å². The van der Waals surface area contributed by atoms with E-state index in [9.17, 15) is 18.0 Å². The second-order valence-corrected chi connectivity index (χ2v) is 8.95. The van der Waals surface area contributed by atoms with E-state index in [2.05, 4.69) is 10.6 Å². The third-order valence-electron chi connectivity index (χ3n) is 5.16. The van der Waals surface area contributed by atoms with Crippen molar-refractivity contribution < 1.29 is 18.0 Å². The van der Waals surface area contributed by atoms with Crippen LogP contribution in [0.1, 0.15) is 36.0 Å². The monoisotopic (exact) mass is 426 g/mol. The number of anilines is 1. The molecule has 0 aliphatic carbocycles. The Kier molecular flexibility index (Phi) is 5.58. The summed E-state index contributed by atoms with van der Waals surface area (Å²) in [6, 6.07) is 7.45. The van der Waals surface area contributed by atoms with E-state index in [0.717, 1.165) is 29.9 Å². The van der Waals surface area contributed by atoms with Crippen molar-refractivity contribution in [2.24, 2.45) is 0 Å². The Hall–Kier alpha value is -1.70. The Balaban J connectivity index is 1.49. The summed E-state index contributed by atoms with van der Waals surface area (Å²) in [6.07, 6.45) is 4.51. The Morgan fingerprint density at radius 2 is 1.71 bits per heavy atom. The number of hydrogen-bond donors (Lipinski definition) is 2. The summed E-state index contributed by atoms with van der Waals surface area (Å²) in [5, 5.41) is 6.97. The second-order valence-electron chi connectivity index (χ2n) is 7.20. The van der Waals surface area contributed by atoms with Crippen LogP contribution in [0, 0.1) is 17.5 Å². The number of amides is 1. The molecule has 0 aromatic heterocycles. The van der Waals surface area contributed by atoms with E-state index in [1.54, 1.807) is 30.0 Å². The zero-order chi connectivity index (χ0) is 19.8. The molecule has 0 radical (unpaired) electrons. The molecule has 3 atom stereocenters. The van der Waals surface area contributed by atoms with Crippen molar-refractivity contribution in [1.29, 1.82) is 0 Å². The fourth-order valence-corrected chi connectivity index (χ4v) is 5.49. The van der Waals surface area contributed by atoms with Crippen LogP contribution in [0.4, 0.5) is 18.9 Å². The van der Waals surface area contributed by atoms with Gasteiger partial charge in [-0.3, -0.25) is 4.79 Å². The summed E-state index contributed by atoms with van der Waals surface area (Å²) < 4.78 is 39.8. The molecule has 8 heteroatoms. The molecule has 1 amide bonds. The second kappa shape index (κ2) is 7.97. The number of piperidine rings is 1. The first kappa shape index (κ1) is 19.6. The van der Waals surface area contributed by atoms with Gasteiger partial charge in [0.25, 0.3) is 5.91 Å². The molecule has 2 saturated heterocycles. The van der Waals surface area contributed by atoms with Crippen LogP contribution in [0.5, 0.6) is 0 Å². The normalized spacial score (nSPS) is 23.6. The molecule has 2 aliphatic rings. The third kappa shape index (κ3) is 4.16. The fourth-order valence-electron chi connectivity index (χ4n) is 3.85. The van der Waals surface area contributed by atoms with Crippen LogP contribution in [-0.2, 0) is 0 Å². The highest BCUT2D eigenvalue weighted by Crippen LogP contribution is 2.39. The molecule has 3 nitrogen and oxygen atoms in total. The predicted octanol–water partition coefficient (Wildman–Crippen LogP) is 5.38. The van der Waals surface area contributed by atoms with Gasteiger partial charge in [0.2, 0.25) is 0 Å². The average molecular weight is 427 g/mol. The number of hydrogen-bond acceptors (Lipinski definition) is 3. The Morgan fingerprint density at radius 3 is 2.36 bits per heavy atom. The van der Waals surface area contributed by atoms with Crippen LogP contribution in [0.15, 0.2) is 35.2 Å². The molecular weight excluding hydrogens is 409 g/mol. The Labute approximate surface area is 170 Å². The molecule has 148 valence electrons. The minimum Gasteiger partial charge on any atom is -0.322 e. The molecule has 2 fully saturated rings. The van der Waals surface area contributed by atoms with Crippen LogP contribution < -0.4 is 10.6 Å². The zero-order valence-electron chi connectivity index (χ0n) is 14.8. The molecule has 2 bridgehead atoms. The maximum Gasteiger partial charge on any atom is 0.255 e. The lowest BCUT2D eigenvalue weighted by Crippen LogP contribution is -2.39. The summed E-state index contributed by atoms with van der Waals surface area (Å²) in [5.41, 5.74) is 0.162. The smallest absolute Gasteiger partial charge is 0.255 e. The van der Waals surface area contributed by atoms with E-state index < -0.39 is 23.4 Å². The standard InChI is InChI=1S/C20H18ClF3N2OS/c21-15-4-1-10(20(27)26-13-8-16(22)19(24)17(23)9-13)5-18(15)28-14-6-11-2-3-12(7-14)25-11/h1,4-5,8-9,11-12,14,25H,2-3,6-7H2,(H,26,27)/t11-,12?,14-/m0/s1. The number of carbonyl (C=O) groups excluding carboxylic acids is 1. The van der Waals surface area contributed by atoms with E-state index in [-0.39, 0.29) is 5.69 Å². The molecule has 2 N–H and O–H groups in total. The van der Waals surface area contributed by atoms with Gasteiger partial charge in [0, 0.05) is 45.6 Å².